The number of aliphatic hydroxyl groups excluding tert-OH is 1. The van der Waals surface area contributed by atoms with Crippen molar-refractivity contribution in [2.24, 2.45) is 0 Å². The molecule has 0 heterocycles. The van der Waals surface area contributed by atoms with Crippen LogP contribution in [0.3, 0.4) is 0 Å². The van der Waals surface area contributed by atoms with Gasteiger partial charge in [0.25, 0.3) is 5.91 Å². The van der Waals surface area contributed by atoms with Crippen LogP contribution in [0, 0.1) is 11.3 Å². The SMILES string of the molecule is CN(C(=O)COC(=O)c1ccc(CO)cc1)C1(C#N)CCCCC1. The molecule has 1 amide bonds. The molecule has 0 radical (unpaired) electrons. The van der Waals surface area contributed by atoms with Crippen LogP contribution in [0.25, 0.3) is 0 Å². The van der Waals surface area contributed by atoms with Gasteiger partial charge in [-0.2, -0.15) is 5.26 Å². The molecule has 1 fully saturated rings. The van der Waals surface area contributed by atoms with Gasteiger partial charge in [-0.15, -0.1) is 0 Å². The normalized spacial score (nSPS) is 16.0. The highest BCUT2D eigenvalue weighted by molar-refractivity contribution is 5.91. The quantitative estimate of drug-likeness (QED) is 0.834. The van der Waals surface area contributed by atoms with Gasteiger partial charge in [-0.1, -0.05) is 31.4 Å². The van der Waals surface area contributed by atoms with Gasteiger partial charge in [0, 0.05) is 7.05 Å². The van der Waals surface area contributed by atoms with Gasteiger partial charge < -0.3 is 14.7 Å². The van der Waals surface area contributed by atoms with Crippen LogP contribution >= 0.6 is 0 Å². The molecule has 1 N–H and O–H groups in total. The molecule has 0 unspecified atom stereocenters. The number of hydrogen-bond acceptors (Lipinski definition) is 5. The second-order valence-electron chi connectivity index (χ2n) is 6.09. The van der Waals surface area contributed by atoms with E-state index < -0.39 is 11.5 Å². The summed E-state index contributed by atoms with van der Waals surface area (Å²) < 4.78 is 5.06. The maximum Gasteiger partial charge on any atom is 0.338 e. The van der Waals surface area contributed by atoms with E-state index in [-0.39, 0.29) is 19.1 Å². The fourth-order valence-electron chi connectivity index (χ4n) is 2.95. The van der Waals surface area contributed by atoms with E-state index in [2.05, 4.69) is 6.07 Å². The van der Waals surface area contributed by atoms with Gasteiger partial charge in [0.05, 0.1) is 18.2 Å². The van der Waals surface area contributed by atoms with Gasteiger partial charge in [-0.05, 0) is 30.5 Å². The smallest absolute Gasteiger partial charge is 0.338 e. The van der Waals surface area contributed by atoms with Gasteiger partial charge in [-0.3, -0.25) is 4.79 Å². The Morgan fingerprint density at radius 1 is 1.25 bits per heavy atom. The van der Waals surface area contributed by atoms with Crippen molar-refractivity contribution < 1.29 is 19.4 Å². The summed E-state index contributed by atoms with van der Waals surface area (Å²) in [6, 6.07) is 8.60. The van der Waals surface area contributed by atoms with Crippen molar-refractivity contribution in [3.63, 3.8) is 0 Å². The van der Waals surface area contributed by atoms with Gasteiger partial charge >= 0.3 is 5.97 Å². The Labute approximate surface area is 141 Å². The Hall–Kier alpha value is -2.39. The number of esters is 1. The Morgan fingerprint density at radius 3 is 2.42 bits per heavy atom. The number of carbonyl (C=O) groups excluding carboxylic acids is 2. The van der Waals surface area contributed by atoms with Crippen LogP contribution in [0.15, 0.2) is 24.3 Å². The molecule has 1 aromatic rings. The van der Waals surface area contributed by atoms with Gasteiger partial charge in [0.1, 0.15) is 5.54 Å². The summed E-state index contributed by atoms with van der Waals surface area (Å²) in [7, 11) is 1.60. The van der Waals surface area contributed by atoms with E-state index in [0.29, 0.717) is 24.0 Å². The van der Waals surface area contributed by atoms with Crippen LogP contribution in [-0.4, -0.2) is 41.1 Å². The molecule has 1 saturated carbocycles. The number of aliphatic hydroxyl groups is 1. The number of hydrogen-bond donors (Lipinski definition) is 1. The number of rotatable bonds is 5. The van der Waals surface area contributed by atoms with E-state index in [0.717, 1.165) is 19.3 Å². The average Bonchev–Trinajstić information content (AvgIpc) is 2.65. The minimum absolute atomic E-state index is 0.102. The molecule has 6 heteroatoms. The van der Waals surface area contributed by atoms with Crippen LogP contribution < -0.4 is 0 Å². The summed E-state index contributed by atoms with van der Waals surface area (Å²) in [6.07, 6.45) is 4.22. The van der Waals surface area contributed by atoms with Crippen LogP contribution in [-0.2, 0) is 16.1 Å². The molecule has 0 aliphatic heterocycles. The summed E-state index contributed by atoms with van der Waals surface area (Å²) in [6.45, 7) is -0.491. The van der Waals surface area contributed by atoms with Crippen LogP contribution in [0.1, 0.15) is 48.0 Å². The van der Waals surface area contributed by atoms with Gasteiger partial charge in [-0.25, -0.2) is 4.79 Å². The zero-order valence-corrected chi connectivity index (χ0v) is 13.8. The predicted molar refractivity (Wildman–Crippen MR) is 86.8 cm³/mol. The fourth-order valence-corrected chi connectivity index (χ4v) is 2.95. The third kappa shape index (κ3) is 3.92. The number of nitriles is 1. The van der Waals surface area contributed by atoms with Crippen molar-refractivity contribution in [3.8, 4) is 6.07 Å². The zero-order chi connectivity index (χ0) is 17.6. The van der Waals surface area contributed by atoms with Gasteiger partial charge in [0.15, 0.2) is 6.61 Å². The summed E-state index contributed by atoms with van der Waals surface area (Å²) in [5.74, 6) is -0.977. The summed E-state index contributed by atoms with van der Waals surface area (Å²) in [4.78, 5) is 25.7. The lowest BCUT2D eigenvalue weighted by Gasteiger charge is -2.38. The van der Waals surface area contributed by atoms with Crippen LogP contribution in [0.4, 0.5) is 0 Å². The topological polar surface area (TPSA) is 90.6 Å². The Bertz CT molecular complexity index is 627. The Balaban J connectivity index is 1.93. The number of benzene rings is 1. The zero-order valence-electron chi connectivity index (χ0n) is 13.8. The molecular formula is C18H22N2O4. The molecule has 1 aromatic carbocycles. The highest BCUT2D eigenvalue weighted by Crippen LogP contribution is 2.32. The highest BCUT2D eigenvalue weighted by Gasteiger charge is 2.38. The molecule has 1 aliphatic carbocycles. The second-order valence-corrected chi connectivity index (χ2v) is 6.09. The summed E-state index contributed by atoms with van der Waals surface area (Å²) in [5, 5.41) is 18.5. The molecule has 0 saturated heterocycles. The Kier molecular flexibility index (Phi) is 5.93. The average molecular weight is 330 g/mol. The van der Waals surface area contributed by atoms with Crippen molar-refractivity contribution >= 4 is 11.9 Å². The molecule has 2 rings (SSSR count). The molecule has 1 aliphatic rings. The van der Waals surface area contributed by atoms with Crippen molar-refractivity contribution in [2.75, 3.05) is 13.7 Å². The van der Waals surface area contributed by atoms with E-state index in [1.165, 1.54) is 4.90 Å². The van der Waals surface area contributed by atoms with Crippen molar-refractivity contribution in [1.82, 2.24) is 4.90 Å². The van der Waals surface area contributed by atoms with E-state index in [1.54, 1.807) is 31.3 Å². The number of carbonyl (C=O) groups is 2. The first kappa shape index (κ1) is 18.0. The van der Waals surface area contributed by atoms with E-state index in [4.69, 9.17) is 9.84 Å². The van der Waals surface area contributed by atoms with E-state index in [9.17, 15) is 14.9 Å². The minimum Gasteiger partial charge on any atom is -0.452 e. The molecule has 6 nitrogen and oxygen atoms in total. The summed E-state index contributed by atoms with van der Waals surface area (Å²) in [5.41, 5.74) is 0.218. The maximum atomic E-state index is 12.3. The molecule has 0 aromatic heterocycles. The maximum absolute atomic E-state index is 12.3. The van der Waals surface area contributed by atoms with Crippen molar-refractivity contribution in [1.29, 1.82) is 5.26 Å². The highest BCUT2D eigenvalue weighted by atomic mass is 16.5. The van der Waals surface area contributed by atoms with Crippen LogP contribution in [0.2, 0.25) is 0 Å². The largest absolute Gasteiger partial charge is 0.452 e. The first-order valence-corrected chi connectivity index (χ1v) is 8.07. The first-order chi connectivity index (χ1) is 11.5. The standard InChI is InChI=1S/C18H22N2O4/c1-20(18(13-19)9-3-2-4-10-18)16(22)12-24-17(23)15-7-5-14(11-21)6-8-15/h5-8,21H,2-4,9-12H2,1H3. The molecule has 0 atom stereocenters. The number of nitrogens with zero attached hydrogens (tertiary/aromatic N) is 2. The minimum atomic E-state index is -0.787. The fraction of sp³-hybridized carbons (Fsp3) is 0.500. The number of amides is 1. The lowest BCUT2D eigenvalue weighted by atomic mass is 9.81. The predicted octanol–water partition coefficient (Wildman–Crippen LogP) is 2.02. The molecule has 128 valence electrons. The van der Waals surface area contributed by atoms with Crippen LogP contribution in [0.5, 0.6) is 0 Å². The first-order valence-electron chi connectivity index (χ1n) is 8.07. The summed E-state index contributed by atoms with van der Waals surface area (Å²) >= 11 is 0. The second kappa shape index (κ2) is 7.93. The van der Waals surface area contributed by atoms with E-state index in [1.807, 2.05) is 0 Å². The molecule has 24 heavy (non-hydrogen) atoms. The van der Waals surface area contributed by atoms with E-state index >= 15 is 0 Å². The molecular weight excluding hydrogens is 308 g/mol. The number of ether oxygens (including phenoxy) is 1. The molecule has 0 spiro atoms. The monoisotopic (exact) mass is 330 g/mol. The van der Waals surface area contributed by atoms with Crippen molar-refractivity contribution in [3.05, 3.63) is 35.4 Å². The van der Waals surface area contributed by atoms with Gasteiger partial charge in [0.2, 0.25) is 0 Å². The Morgan fingerprint density at radius 2 is 1.88 bits per heavy atom. The molecule has 0 bridgehead atoms. The van der Waals surface area contributed by atoms with Crippen molar-refractivity contribution in [2.45, 2.75) is 44.2 Å². The number of likely N-dealkylation sites (N-methyl/N-ethyl adjacent to an activating group) is 1. The lowest BCUT2D eigenvalue weighted by molar-refractivity contribution is -0.138. The third-order valence-corrected chi connectivity index (χ3v) is 4.60. The lowest BCUT2D eigenvalue weighted by Crippen LogP contribution is -2.51. The third-order valence-electron chi connectivity index (χ3n) is 4.60.